The number of likely N-dealkylation sites (tertiary alicyclic amines) is 1. The molecule has 2 aliphatic rings. The molecule has 0 spiro atoms. The van der Waals surface area contributed by atoms with Crippen molar-refractivity contribution < 1.29 is 28.0 Å². The molecule has 0 saturated carbocycles. The molecule has 7 N–H and O–H groups in total. The van der Waals surface area contributed by atoms with Crippen molar-refractivity contribution in [2.45, 2.75) is 63.4 Å². The van der Waals surface area contributed by atoms with Crippen LogP contribution in [0.2, 0.25) is 0 Å². The Kier molecular flexibility index (Phi) is 9.47. The molecule has 5 atom stereocenters. The molecule has 0 bridgehead atoms. The lowest BCUT2D eigenvalue weighted by atomic mass is 10.2. The van der Waals surface area contributed by atoms with E-state index in [0.717, 1.165) is 19.4 Å². The molecule has 2 saturated heterocycles. The number of carbonyl (C=O) groups is 3. The van der Waals surface area contributed by atoms with Crippen molar-refractivity contribution in [2.24, 2.45) is 11.5 Å². The predicted octanol–water partition coefficient (Wildman–Crippen LogP) is 2.61. The van der Waals surface area contributed by atoms with Gasteiger partial charge < -0.3 is 41.4 Å². The van der Waals surface area contributed by atoms with E-state index >= 15 is 0 Å². The number of anilines is 2. The van der Waals surface area contributed by atoms with Crippen LogP contribution in [0.1, 0.15) is 39.5 Å². The van der Waals surface area contributed by atoms with Gasteiger partial charge >= 0.3 is 7.60 Å². The Bertz CT molecular complexity index is 1180. The maximum absolute atomic E-state index is 14.6. The highest BCUT2D eigenvalue weighted by Crippen LogP contribution is 2.57. The Morgan fingerprint density at radius 2 is 1.38 bits per heavy atom. The van der Waals surface area contributed by atoms with E-state index in [-0.39, 0.29) is 35.3 Å². The Morgan fingerprint density at radius 1 is 0.875 bits per heavy atom. The zero-order valence-electron chi connectivity index (χ0n) is 22.7. The fourth-order valence-corrected chi connectivity index (χ4v) is 6.76. The second kappa shape index (κ2) is 12.8. The summed E-state index contributed by atoms with van der Waals surface area (Å²) in [6.07, 6.45) is 2.72. The topological polar surface area (TPSA) is 178 Å². The molecular formula is C27H37N6O6P. The lowest BCUT2D eigenvalue weighted by Gasteiger charge is -2.32. The van der Waals surface area contributed by atoms with Crippen LogP contribution in [0.4, 0.5) is 11.4 Å². The molecule has 0 aliphatic carbocycles. The average Bonchev–Trinajstić information content (AvgIpc) is 3.64. The number of hydrogen-bond acceptors (Lipinski definition) is 9. The predicted molar refractivity (Wildman–Crippen MR) is 152 cm³/mol. The second-order valence-electron chi connectivity index (χ2n) is 10.1. The molecule has 4 rings (SSSR count). The van der Waals surface area contributed by atoms with Gasteiger partial charge in [0.1, 0.15) is 11.5 Å². The lowest BCUT2D eigenvalue weighted by Crippen LogP contribution is -2.46. The first-order valence-electron chi connectivity index (χ1n) is 13.4. The fraction of sp³-hybridized carbons (Fsp3) is 0.444. The zero-order valence-corrected chi connectivity index (χ0v) is 23.6. The van der Waals surface area contributed by atoms with Gasteiger partial charge in [-0.25, -0.2) is 4.57 Å². The first-order valence-corrected chi connectivity index (χ1v) is 15.0. The van der Waals surface area contributed by atoms with E-state index in [1.807, 2.05) is 0 Å². The molecule has 0 aromatic heterocycles. The molecule has 2 heterocycles. The van der Waals surface area contributed by atoms with Gasteiger partial charge in [0.2, 0.25) is 17.7 Å². The molecule has 216 valence electrons. The second-order valence-corrected chi connectivity index (χ2v) is 12.2. The Balaban J connectivity index is 1.58. The molecule has 2 aromatic carbocycles. The van der Waals surface area contributed by atoms with Crippen LogP contribution in [-0.4, -0.2) is 59.6 Å². The lowest BCUT2D eigenvalue weighted by molar-refractivity contribution is -0.132. The standard InChI is InChI=1S/C27H37N6O6P/c1-17(28)25(34)31-19-7-11-21(12-8-19)38-40(37,24-6-4-16-33(24)27(36)23-5-3-15-30-23)39-22-13-9-20(10-14-22)32-26(35)18(2)29/h7-14,17-18,23-24,30H,3-6,15-16,28-29H2,1-2H3,(H,31,34)(H,32,35)/t17-,18?,23-,24+,40?/m0/s1. The minimum absolute atomic E-state index is 0.115. The molecular weight excluding hydrogens is 535 g/mol. The first-order chi connectivity index (χ1) is 19.1. The van der Waals surface area contributed by atoms with E-state index in [0.29, 0.717) is 30.8 Å². The third-order valence-electron chi connectivity index (χ3n) is 6.76. The van der Waals surface area contributed by atoms with Gasteiger partial charge in [-0.05, 0) is 94.6 Å². The van der Waals surface area contributed by atoms with Crippen molar-refractivity contribution in [3.8, 4) is 11.5 Å². The number of hydrogen-bond donors (Lipinski definition) is 5. The number of benzene rings is 2. The van der Waals surface area contributed by atoms with E-state index in [2.05, 4.69) is 16.0 Å². The molecule has 2 fully saturated rings. The Labute approximate surface area is 233 Å². The zero-order chi connectivity index (χ0) is 28.9. The first kappa shape index (κ1) is 29.5. The van der Waals surface area contributed by atoms with Gasteiger partial charge in [-0.15, -0.1) is 0 Å². The van der Waals surface area contributed by atoms with Crippen molar-refractivity contribution in [3.63, 3.8) is 0 Å². The molecule has 12 nitrogen and oxygen atoms in total. The summed E-state index contributed by atoms with van der Waals surface area (Å²) in [4.78, 5) is 38.8. The molecule has 0 radical (unpaired) electrons. The molecule has 3 amide bonds. The highest BCUT2D eigenvalue weighted by Gasteiger charge is 2.49. The maximum atomic E-state index is 14.6. The van der Waals surface area contributed by atoms with Gasteiger partial charge in [-0.2, -0.15) is 0 Å². The summed E-state index contributed by atoms with van der Waals surface area (Å²) in [5, 5.41) is 8.59. The number of rotatable bonds is 10. The van der Waals surface area contributed by atoms with Crippen LogP contribution in [-0.2, 0) is 18.9 Å². The third kappa shape index (κ3) is 7.19. The van der Waals surface area contributed by atoms with Crippen LogP contribution in [0.3, 0.4) is 0 Å². The number of carbonyl (C=O) groups excluding carboxylic acids is 3. The number of nitrogens with two attached hydrogens (primary N) is 2. The van der Waals surface area contributed by atoms with Gasteiger partial charge in [-0.3, -0.25) is 14.4 Å². The van der Waals surface area contributed by atoms with Crippen molar-refractivity contribution >= 4 is 36.7 Å². The molecule has 13 heteroatoms. The highest BCUT2D eigenvalue weighted by molar-refractivity contribution is 7.55. The van der Waals surface area contributed by atoms with E-state index in [4.69, 9.17) is 20.5 Å². The van der Waals surface area contributed by atoms with Gasteiger partial charge in [0.15, 0.2) is 5.78 Å². The third-order valence-corrected chi connectivity index (χ3v) is 8.96. The minimum Gasteiger partial charge on any atom is -0.415 e. The Hall–Kier alpha value is -3.44. The Morgan fingerprint density at radius 3 is 1.80 bits per heavy atom. The normalized spacial score (nSPS) is 21.6. The van der Waals surface area contributed by atoms with E-state index in [1.54, 1.807) is 67.3 Å². The minimum atomic E-state index is -4.02. The van der Waals surface area contributed by atoms with Crippen LogP contribution in [0.15, 0.2) is 48.5 Å². The quantitative estimate of drug-likeness (QED) is 0.268. The smallest absolute Gasteiger partial charge is 0.415 e. The van der Waals surface area contributed by atoms with Gasteiger partial charge in [0.05, 0.1) is 18.1 Å². The molecule has 40 heavy (non-hydrogen) atoms. The van der Waals surface area contributed by atoms with Crippen molar-refractivity contribution in [1.29, 1.82) is 0 Å². The van der Waals surface area contributed by atoms with Gasteiger partial charge in [-0.1, -0.05) is 0 Å². The SMILES string of the molecule is CC(N)C(=O)Nc1ccc(OP(=O)(Oc2ccc(NC(=O)[C@H](C)N)cc2)[C@@H]2CCCN2C(=O)[C@@H]2CCCN2)cc1. The molecule has 2 aromatic rings. The summed E-state index contributed by atoms with van der Waals surface area (Å²) < 4.78 is 26.7. The van der Waals surface area contributed by atoms with E-state index in [9.17, 15) is 18.9 Å². The van der Waals surface area contributed by atoms with Crippen LogP contribution < -0.4 is 36.5 Å². The monoisotopic (exact) mass is 572 g/mol. The highest BCUT2D eigenvalue weighted by atomic mass is 31.2. The number of amides is 3. The maximum Gasteiger partial charge on any atom is 0.453 e. The number of nitrogens with zero attached hydrogens (tertiary/aromatic N) is 1. The van der Waals surface area contributed by atoms with E-state index < -0.39 is 25.5 Å². The average molecular weight is 573 g/mol. The van der Waals surface area contributed by atoms with Crippen molar-refractivity contribution in [1.82, 2.24) is 10.2 Å². The number of nitrogens with one attached hydrogen (secondary N) is 3. The summed E-state index contributed by atoms with van der Waals surface area (Å²) in [7, 11) is -4.02. The summed E-state index contributed by atoms with van der Waals surface area (Å²) in [5.74, 6) is -1.09. The summed E-state index contributed by atoms with van der Waals surface area (Å²) >= 11 is 0. The molecule has 2 aliphatic heterocycles. The van der Waals surface area contributed by atoms with Crippen LogP contribution >= 0.6 is 7.60 Å². The largest absolute Gasteiger partial charge is 0.453 e. The van der Waals surface area contributed by atoms with Gasteiger partial charge in [0, 0.05) is 17.9 Å². The summed E-state index contributed by atoms with van der Waals surface area (Å²) in [6.45, 7) is 4.37. The molecule has 2 unspecified atom stereocenters. The van der Waals surface area contributed by atoms with Crippen LogP contribution in [0.25, 0.3) is 0 Å². The van der Waals surface area contributed by atoms with Gasteiger partial charge in [0.25, 0.3) is 0 Å². The fourth-order valence-electron chi connectivity index (χ4n) is 4.58. The van der Waals surface area contributed by atoms with Crippen LogP contribution in [0.5, 0.6) is 11.5 Å². The van der Waals surface area contributed by atoms with Crippen molar-refractivity contribution in [2.75, 3.05) is 23.7 Å². The van der Waals surface area contributed by atoms with E-state index in [1.165, 1.54) is 0 Å². The summed E-state index contributed by atoms with van der Waals surface area (Å²) in [5.41, 5.74) is 12.2. The summed E-state index contributed by atoms with van der Waals surface area (Å²) in [6, 6.07) is 11.0. The van der Waals surface area contributed by atoms with Crippen LogP contribution in [0, 0.1) is 0 Å². The van der Waals surface area contributed by atoms with Crippen molar-refractivity contribution in [3.05, 3.63) is 48.5 Å².